The molecule has 46 heavy (non-hydrogen) atoms. The molecule has 11 rings (SSSR count). The van der Waals surface area contributed by atoms with Crippen LogP contribution in [0.2, 0.25) is 0 Å². The van der Waals surface area contributed by atoms with Gasteiger partial charge in [-0.05, 0) is 70.6 Å². The molecule has 0 aliphatic carbocycles. The number of hydrogen-bond donors (Lipinski definition) is 0. The minimum atomic E-state index is 0.0462. The maximum Gasteiger partial charge on any atom is 0.329 e. The Morgan fingerprint density at radius 1 is 0.413 bits per heavy atom. The fourth-order valence-electron chi connectivity index (χ4n) is 8.27. The topological polar surface area (TPSA) is 21.3 Å². The third-order valence-corrected chi connectivity index (χ3v) is 10.2. The van der Waals surface area contributed by atoms with Crippen molar-refractivity contribution < 1.29 is 4.42 Å². The van der Waals surface area contributed by atoms with Gasteiger partial charge in [-0.2, -0.15) is 0 Å². The molecule has 0 amide bonds. The summed E-state index contributed by atoms with van der Waals surface area (Å²) in [4.78, 5) is 2.55. The van der Waals surface area contributed by atoms with Crippen LogP contribution in [0.4, 0.5) is 11.4 Å². The van der Waals surface area contributed by atoms with Crippen LogP contribution in [-0.2, 0) is 0 Å². The highest BCUT2D eigenvalue weighted by Crippen LogP contribution is 2.47. The van der Waals surface area contributed by atoms with Gasteiger partial charge in [-0.3, -0.25) is 0 Å². The van der Waals surface area contributed by atoms with Crippen molar-refractivity contribution in [3.05, 3.63) is 152 Å². The Morgan fingerprint density at radius 3 is 1.87 bits per heavy atom. The van der Waals surface area contributed by atoms with Crippen LogP contribution in [0.1, 0.15) is 0 Å². The summed E-state index contributed by atoms with van der Waals surface area (Å²) in [6.45, 7) is 0.0462. The molecule has 212 valence electrons. The average molecular weight is 584 g/mol. The van der Waals surface area contributed by atoms with Crippen LogP contribution in [0.15, 0.2) is 156 Å². The van der Waals surface area contributed by atoms with Gasteiger partial charge >= 0.3 is 6.85 Å². The molecule has 0 fully saturated rings. The minimum Gasteiger partial charge on any atom is -0.456 e. The van der Waals surface area contributed by atoms with Crippen molar-refractivity contribution in [1.29, 1.82) is 0 Å². The van der Waals surface area contributed by atoms with E-state index in [1.807, 2.05) is 0 Å². The number of fused-ring (bicyclic) bond motifs is 17. The number of para-hydroxylation sites is 4. The zero-order valence-corrected chi connectivity index (χ0v) is 24.8. The Hall–Kier alpha value is -6.00. The standard InChI is InChI=1S/C42H25BN2O/c1-2-12-26(13-3-1)44-37-19-9-5-17-30(37)32-25-42-34(23-40(32)44)33-22-36-31(24-41(33)46-42)29-16-7-11-21-39(29)45-38-20-10-6-15-28(38)27-14-4-8-18-35(27)43(36)45/h1-25H. The smallest absolute Gasteiger partial charge is 0.329 e. The monoisotopic (exact) mass is 584 g/mol. The lowest BCUT2D eigenvalue weighted by Crippen LogP contribution is -2.59. The maximum absolute atomic E-state index is 6.74. The lowest BCUT2D eigenvalue weighted by molar-refractivity contribution is 0.669. The summed E-state index contributed by atoms with van der Waals surface area (Å²) < 4.78 is 9.13. The van der Waals surface area contributed by atoms with Gasteiger partial charge in [-0.1, -0.05) is 103 Å². The van der Waals surface area contributed by atoms with E-state index in [1.165, 1.54) is 66.4 Å². The summed E-state index contributed by atoms with van der Waals surface area (Å²) in [6.07, 6.45) is 0. The predicted octanol–water partition coefficient (Wildman–Crippen LogP) is 9.59. The fourth-order valence-corrected chi connectivity index (χ4v) is 8.27. The van der Waals surface area contributed by atoms with Crippen LogP contribution in [0.3, 0.4) is 0 Å². The highest BCUT2D eigenvalue weighted by atomic mass is 16.3. The normalized spacial score (nSPS) is 13.1. The van der Waals surface area contributed by atoms with E-state index in [1.54, 1.807) is 0 Å². The summed E-state index contributed by atoms with van der Waals surface area (Å²) in [5, 5.41) is 4.71. The molecule has 0 N–H and O–H groups in total. The van der Waals surface area contributed by atoms with Crippen LogP contribution >= 0.6 is 0 Å². The molecule has 0 radical (unpaired) electrons. The highest BCUT2D eigenvalue weighted by Gasteiger charge is 2.42. The molecular formula is C42H25BN2O. The maximum atomic E-state index is 6.74. The molecular weight excluding hydrogens is 559 g/mol. The van der Waals surface area contributed by atoms with E-state index in [-0.39, 0.29) is 6.85 Å². The Balaban J connectivity index is 1.24. The third kappa shape index (κ3) is 3.08. The SMILES string of the molecule is c1ccc(-n2c3ccccc3c3cc4oc5cc6c(cc5c4cc32)B2c3ccccc3-c3ccccc3N2c2ccccc2-6)cc1. The molecule has 0 saturated heterocycles. The van der Waals surface area contributed by atoms with Crippen LogP contribution in [0.25, 0.3) is 71.7 Å². The zero-order chi connectivity index (χ0) is 29.9. The van der Waals surface area contributed by atoms with Crippen LogP contribution < -0.4 is 15.7 Å². The summed E-state index contributed by atoms with van der Waals surface area (Å²) in [5.41, 5.74) is 15.5. The number of anilines is 2. The van der Waals surface area contributed by atoms with Gasteiger partial charge < -0.3 is 13.8 Å². The lowest BCUT2D eigenvalue weighted by Gasteiger charge is -2.43. The molecule has 0 saturated carbocycles. The summed E-state index contributed by atoms with van der Waals surface area (Å²) >= 11 is 0. The second kappa shape index (κ2) is 8.80. The molecule has 7 aromatic carbocycles. The Morgan fingerprint density at radius 2 is 1.04 bits per heavy atom. The lowest BCUT2D eigenvalue weighted by atomic mass is 9.43. The van der Waals surface area contributed by atoms with E-state index in [2.05, 4.69) is 161 Å². The number of rotatable bonds is 1. The first kappa shape index (κ1) is 24.3. The van der Waals surface area contributed by atoms with E-state index in [0.717, 1.165) is 27.6 Å². The van der Waals surface area contributed by atoms with Crippen LogP contribution in [0.5, 0.6) is 0 Å². The first-order valence-electron chi connectivity index (χ1n) is 15.9. The quantitative estimate of drug-likeness (QED) is 0.179. The zero-order valence-electron chi connectivity index (χ0n) is 24.8. The minimum absolute atomic E-state index is 0.0462. The Labute approximate surface area is 265 Å². The predicted molar refractivity (Wildman–Crippen MR) is 193 cm³/mol. The molecule has 4 heteroatoms. The van der Waals surface area contributed by atoms with Gasteiger partial charge in [-0.15, -0.1) is 0 Å². The van der Waals surface area contributed by atoms with Gasteiger partial charge in [0.05, 0.1) is 11.0 Å². The van der Waals surface area contributed by atoms with Crippen LogP contribution in [0, 0.1) is 0 Å². The second-order valence-electron chi connectivity index (χ2n) is 12.5. The van der Waals surface area contributed by atoms with Crippen molar-refractivity contribution >= 4 is 72.9 Å². The van der Waals surface area contributed by atoms with Gasteiger partial charge in [0.1, 0.15) is 11.2 Å². The third-order valence-electron chi connectivity index (χ3n) is 10.2. The summed E-state index contributed by atoms with van der Waals surface area (Å²) in [6, 6.07) is 55.2. The molecule has 0 bridgehead atoms. The van der Waals surface area contributed by atoms with Gasteiger partial charge in [0.15, 0.2) is 0 Å². The van der Waals surface area contributed by atoms with Gasteiger partial charge in [0, 0.05) is 49.7 Å². The molecule has 0 spiro atoms. The van der Waals surface area contributed by atoms with Crippen molar-refractivity contribution in [1.82, 2.24) is 4.57 Å². The van der Waals surface area contributed by atoms with E-state index in [0.29, 0.717) is 0 Å². The number of benzene rings is 7. The molecule has 4 heterocycles. The van der Waals surface area contributed by atoms with E-state index in [4.69, 9.17) is 4.42 Å². The molecule has 0 unspecified atom stereocenters. The molecule has 0 atom stereocenters. The fraction of sp³-hybridized carbons (Fsp3) is 0. The van der Waals surface area contributed by atoms with Crippen LogP contribution in [-0.4, -0.2) is 11.4 Å². The second-order valence-corrected chi connectivity index (χ2v) is 12.5. The molecule has 2 aliphatic heterocycles. The van der Waals surface area contributed by atoms with E-state index < -0.39 is 0 Å². The van der Waals surface area contributed by atoms with E-state index in [9.17, 15) is 0 Å². The molecule has 9 aromatic rings. The van der Waals surface area contributed by atoms with Crippen molar-refractivity contribution in [3.63, 3.8) is 0 Å². The first-order chi connectivity index (χ1) is 22.8. The van der Waals surface area contributed by atoms with Crippen molar-refractivity contribution in [2.75, 3.05) is 4.81 Å². The summed E-state index contributed by atoms with van der Waals surface area (Å²) in [5.74, 6) is 0. The van der Waals surface area contributed by atoms with Crippen molar-refractivity contribution in [2.45, 2.75) is 0 Å². The molecule has 2 aliphatic rings. The number of furan rings is 1. The highest BCUT2D eigenvalue weighted by molar-refractivity contribution is 6.92. The largest absolute Gasteiger partial charge is 0.456 e. The van der Waals surface area contributed by atoms with E-state index >= 15 is 0 Å². The van der Waals surface area contributed by atoms with Gasteiger partial charge in [0.25, 0.3) is 0 Å². The van der Waals surface area contributed by atoms with Crippen molar-refractivity contribution in [3.8, 4) is 27.9 Å². The number of aromatic nitrogens is 1. The number of nitrogens with zero attached hydrogens (tertiary/aromatic N) is 2. The van der Waals surface area contributed by atoms with Gasteiger partial charge in [-0.25, -0.2) is 0 Å². The van der Waals surface area contributed by atoms with Gasteiger partial charge in [0.2, 0.25) is 0 Å². The Kier molecular flexibility index (Phi) is 4.66. The molecule has 3 nitrogen and oxygen atoms in total. The first-order valence-corrected chi connectivity index (χ1v) is 15.9. The van der Waals surface area contributed by atoms with Crippen molar-refractivity contribution in [2.24, 2.45) is 0 Å². The summed E-state index contributed by atoms with van der Waals surface area (Å²) in [7, 11) is 0. The number of hydrogen-bond acceptors (Lipinski definition) is 2. The average Bonchev–Trinajstić information content (AvgIpc) is 3.64. The molecule has 2 aromatic heterocycles. The Bertz CT molecular complexity index is 2720.